The number of halogens is 1. The van der Waals surface area contributed by atoms with Crippen LogP contribution in [0.4, 0.5) is 0 Å². The summed E-state index contributed by atoms with van der Waals surface area (Å²) in [7, 11) is 0. The molecule has 1 N–H and O–H groups in total. The molecule has 100 valence electrons. The molecule has 0 aromatic carbocycles. The predicted octanol–water partition coefficient (Wildman–Crippen LogP) is 2.15. The number of nitrogens with zero attached hydrogens (tertiary/aromatic N) is 1. The van der Waals surface area contributed by atoms with Crippen LogP contribution in [0.15, 0.2) is 17.1 Å². The fourth-order valence-corrected chi connectivity index (χ4v) is 2.60. The molecule has 1 rings (SSSR count). The third kappa shape index (κ3) is 1.98. The maximum absolute atomic E-state index is 12.2. The van der Waals surface area contributed by atoms with Crippen molar-refractivity contribution in [1.29, 1.82) is 0 Å². The smallest absolute Gasteiger partial charge is 0.336 e. The molecule has 0 aliphatic carbocycles. The lowest BCUT2D eigenvalue weighted by molar-refractivity contribution is -0.164. The van der Waals surface area contributed by atoms with E-state index in [0.717, 1.165) is 0 Å². The van der Waals surface area contributed by atoms with Crippen molar-refractivity contribution in [3.8, 4) is 0 Å². The zero-order valence-corrected chi connectivity index (χ0v) is 11.9. The van der Waals surface area contributed by atoms with E-state index in [9.17, 15) is 14.7 Å². The number of rotatable bonds is 5. The highest BCUT2D eigenvalue weighted by molar-refractivity contribution is 9.09. The summed E-state index contributed by atoms with van der Waals surface area (Å²) in [6.45, 7) is 3.46. The zero-order chi connectivity index (χ0) is 13.8. The summed E-state index contributed by atoms with van der Waals surface area (Å²) in [6, 6.07) is 0. The van der Waals surface area contributed by atoms with E-state index in [4.69, 9.17) is 4.74 Å². The summed E-state index contributed by atoms with van der Waals surface area (Å²) >= 11 is 3.01. The number of aliphatic carboxylic acids is 1. The van der Waals surface area contributed by atoms with Gasteiger partial charge in [0.05, 0.1) is 0 Å². The first-order chi connectivity index (χ1) is 8.50. The molecule has 0 spiro atoms. The Balaban J connectivity index is 3.37. The lowest BCUT2D eigenvalue weighted by Crippen LogP contribution is -2.57. The second-order valence-electron chi connectivity index (χ2n) is 4.02. The molecular weight excluding hydrogens is 302 g/mol. The minimum atomic E-state index is -1.39. The summed E-state index contributed by atoms with van der Waals surface area (Å²) in [5.74, 6) is -1.68. The Morgan fingerprint density at radius 2 is 2.06 bits per heavy atom. The highest BCUT2D eigenvalue weighted by atomic mass is 79.9. The predicted molar refractivity (Wildman–Crippen MR) is 70.9 cm³/mol. The number of carboxylic acids is 1. The maximum Gasteiger partial charge on any atom is 0.336 e. The highest BCUT2D eigenvalue weighted by Gasteiger charge is 2.59. The first-order valence-electron chi connectivity index (χ1n) is 5.70. The average molecular weight is 318 g/mol. The van der Waals surface area contributed by atoms with Gasteiger partial charge in [-0.1, -0.05) is 19.9 Å². The molecule has 2 unspecified atom stereocenters. The van der Waals surface area contributed by atoms with E-state index in [2.05, 4.69) is 20.9 Å². The number of carbonyl (C=O) groups excluding carboxylic acids is 1. The molecule has 2 atom stereocenters. The lowest BCUT2D eigenvalue weighted by atomic mass is 9.65. The van der Waals surface area contributed by atoms with Crippen molar-refractivity contribution in [1.82, 2.24) is 0 Å². The lowest BCUT2D eigenvalue weighted by Gasteiger charge is -2.41. The summed E-state index contributed by atoms with van der Waals surface area (Å²) in [6.07, 6.45) is 5.07. The molecular formula is C12H16BrNO4. The van der Waals surface area contributed by atoms with Crippen molar-refractivity contribution >= 4 is 34.1 Å². The van der Waals surface area contributed by atoms with E-state index >= 15 is 0 Å². The van der Waals surface area contributed by atoms with Crippen molar-refractivity contribution in [2.45, 2.75) is 32.2 Å². The van der Waals surface area contributed by atoms with Gasteiger partial charge < -0.3 is 9.84 Å². The van der Waals surface area contributed by atoms with Crippen LogP contribution in [0.25, 0.3) is 0 Å². The van der Waals surface area contributed by atoms with Crippen molar-refractivity contribution < 1.29 is 19.4 Å². The van der Waals surface area contributed by atoms with Crippen molar-refractivity contribution in [3.63, 3.8) is 0 Å². The minimum absolute atomic E-state index is 0.0201. The van der Waals surface area contributed by atoms with Gasteiger partial charge in [-0.2, -0.15) is 0 Å². The fourth-order valence-electron chi connectivity index (χ4n) is 2.40. The number of aliphatic imine (C=N–C) groups is 1. The second-order valence-corrected chi connectivity index (χ2v) is 4.48. The molecule has 5 nitrogen and oxygen atoms in total. The molecule has 0 saturated carbocycles. The van der Waals surface area contributed by atoms with Crippen LogP contribution < -0.4 is 0 Å². The van der Waals surface area contributed by atoms with Crippen molar-refractivity contribution in [2.75, 3.05) is 5.52 Å². The summed E-state index contributed by atoms with van der Waals surface area (Å²) in [5, 5.41) is 9.53. The highest BCUT2D eigenvalue weighted by Crippen LogP contribution is 2.45. The Kier molecular flexibility index (Phi) is 4.67. The Bertz CT molecular complexity index is 407. The first kappa shape index (κ1) is 14.9. The van der Waals surface area contributed by atoms with Crippen LogP contribution in [0.1, 0.15) is 26.7 Å². The Morgan fingerprint density at radius 3 is 2.50 bits per heavy atom. The zero-order valence-electron chi connectivity index (χ0n) is 10.4. The number of hydrogen-bond acceptors (Lipinski definition) is 4. The van der Waals surface area contributed by atoms with Gasteiger partial charge in [0.2, 0.25) is 0 Å². The number of carboxylic acid groups (broad SMARTS) is 1. The first-order valence-corrected chi connectivity index (χ1v) is 6.82. The molecule has 6 heteroatoms. The molecule has 0 radical (unpaired) electrons. The number of carbonyl (C=O) groups is 2. The molecule has 0 amide bonds. The number of esters is 1. The van der Waals surface area contributed by atoms with E-state index in [1.54, 1.807) is 19.9 Å². The number of alkyl halides is 1. The fraction of sp³-hybridized carbons (Fsp3) is 0.583. The number of ether oxygens (including phenoxy) is 1. The minimum Gasteiger partial charge on any atom is -0.481 e. The van der Waals surface area contributed by atoms with Gasteiger partial charge in [0.25, 0.3) is 0 Å². The van der Waals surface area contributed by atoms with Crippen LogP contribution in [-0.4, -0.2) is 34.3 Å². The second kappa shape index (κ2) is 5.65. The van der Waals surface area contributed by atoms with Gasteiger partial charge in [-0.25, -0.2) is 4.79 Å². The monoisotopic (exact) mass is 317 g/mol. The van der Waals surface area contributed by atoms with E-state index < -0.39 is 22.9 Å². The van der Waals surface area contributed by atoms with E-state index in [0.29, 0.717) is 0 Å². The molecule has 1 aliphatic heterocycles. The van der Waals surface area contributed by atoms with Gasteiger partial charge in [0.1, 0.15) is 10.9 Å². The Morgan fingerprint density at radius 1 is 1.39 bits per heavy atom. The number of allylic oxidation sites excluding steroid dienone is 1. The van der Waals surface area contributed by atoms with E-state index in [1.165, 1.54) is 12.3 Å². The van der Waals surface area contributed by atoms with Crippen LogP contribution in [0.3, 0.4) is 0 Å². The largest absolute Gasteiger partial charge is 0.481 e. The van der Waals surface area contributed by atoms with Crippen LogP contribution in [0, 0.1) is 5.41 Å². The van der Waals surface area contributed by atoms with Crippen LogP contribution in [-0.2, 0) is 14.3 Å². The van der Waals surface area contributed by atoms with Gasteiger partial charge in [0.15, 0.2) is 5.54 Å². The molecule has 0 fully saturated rings. The van der Waals surface area contributed by atoms with Crippen molar-refractivity contribution in [2.24, 2.45) is 10.4 Å². The molecule has 0 aromatic rings. The van der Waals surface area contributed by atoms with Gasteiger partial charge in [-0.3, -0.25) is 9.79 Å². The Hall–Kier alpha value is -1.17. The van der Waals surface area contributed by atoms with Gasteiger partial charge in [0, 0.05) is 6.21 Å². The van der Waals surface area contributed by atoms with Crippen LogP contribution >= 0.6 is 15.9 Å². The molecule has 0 aromatic heterocycles. The summed E-state index contributed by atoms with van der Waals surface area (Å²) < 4.78 is 4.95. The van der Waals surface area contributed by atoms with Crippen LogP contribution in [0.5, 0.6) is 0 Å². The molecule has 18 heavy (non-hydrogen) atoms. The van der Waals surface area contributed by atoms with Gasteiger partial charge in [-0.15, -0.1) is 0 Å². The molecule has 1 aliphatic rings. The third-order valence-corrected chi connectivity index (χ3v) is 3.70. The standard InChI is InChI=1S/C12H16BrNO4/c1-3-11(9(15)16)6-5-7-14-12(11,4-2)10(17)18-8-13/h5-7H,3-4,8H2,1-2H3,(H,15,16). The van der Waals surface area contributed by atoms with E-state index in [1.807, 2.05) is 0 Å². The average Bonchev–Trinajstić information content (AvgIpc) is 2.38. The molecule has 0 bridgehead atoms. The molecule has 0 saturated heterocycles. The topological polar surface area (TPSA) is 76.0 Å². The maximum atomic E-state index is 12.2. The quantitative estimate of drug-likeness (QED) is 0.622. The van der Waals surface area contributed by atoms with Gasteiger partial charge >= 0.3 is 11.9 Å². The summed E-state index contributed by atoms with van der Waals surface area (Å²) in [4.78, 5) is 28.0. The van der Waals surface area contributed by atoms with E-state index in [-0.39, 0.29) is 18.4 Å². The third-order valence-electron chi connectivity index (χ3n) is 3.47. The normalized spacial score (nSPS) is 30.2. The molecule has 1 heterocycles. The number of dihydropyridines is 1. The SMILES string of the molecule is CCC1(C(=O)O)C=CC=NC1(CC)C(=O)OCBr. The summed E-state index contributed by atoms with van der Waals surface area (Å²) in [5.41, 5.74) is -2.72. The number of hydrogen-bond donors (Lipinski definition) is 1. The Labute approximate surface area is 114 Å². The van der Waals surface area contributed by atoms with Crippen LogP contribution in [0.2, 0.25) is 0 Å². The van der Waals surface area contributed by atoms with Gasteiger partial charge in [-0.05, 0) is 34.8 Å². The van der Waals surface area contributed by atoms with Crippen molar-refractivity contribution in [3.05, 3.63) is 12.2 Å².